The molecular weight excluding hydrogens is 475 g/mol. The lowest BCUT2D eigenvalue weighted by molar-refractivity contribution is -0.0122. The maximum atomic E-state index is 9.94. The summed E-state index contributed by atoms with van der Waals surface area (Å²) in [5.74, 6) is 1.04. The van der Waals surface area contributed by atoms with Gasteiger partial charge in [-0.25, -0.2) is 0 Å². The number of hydrogen-bond acceptors (Lipinski definition) is 5. The molecule has 2 aromatic rings. The number of aliphatic hydroxyl groups excluding tert-OH is 2. The number of hydrogen-bond donors (Lipinski definition) is 2. The summed E-state index contributed by atoms with van der Waals surface area (Å²) in [6, 6.07) is 11.3. The van der Waals surface area contributed by atoms with E-state index in [0.29, 0.717) is 21.5 Å². The van der Waals surface area contributed by atoms with Crippen LogP contribution in [0.25, 0.3) is 0 Å². The highest BCUT2D eigenvalue weighted by molar-refractivity contribution is 6.37. The first kappa shape index (κ1) is 27.0. The normalized spacial score (nSPS) is 13.8. The predicted molar refractivity (Wildman–Crippen MR) is 130 cm³/mol. The van der Waals surface area contributed by atoms with Crippen molar-refractivity contribution in [2.45, 2.75) is 51.4 Å². The van der Waals surface area contributed by atoms with Crippen LogP contribution in [0.3, 0.4) is 0 Å². The van der Waals surface area contributed by atoms with Crippen LogP contribution in [0, 0.1) is 0 Å². The lowest BCUT2D eigenvalue weighted by Crippen LogP contribution is -2.25. The summed E-state index contributed by atoms with van der Waals surface area (Å²) in [6.07, 6.45) is -1.43. The van der Waals surface area contributed by atoms with Crippen LogP contribution in [0.5, 0.6) is 11.5 Å². The summed E-state index contributed by atoms with van der Waals surface area (Å²) in [5, 5.41) is 20.3. The Labute approximate surface area is 205 Å². The highest BCUT2D eigenvalue weighted by atomic mass is 35.5. The van der Waals surface area contributed by atoms with E-state index in [1.807, 2.05) is 50.2 Å². The van der Waals surface area contributed by atoms with Crippen LogP contribution < -0.4 is 9.47 Å². The smallest absolute Gasteiger partial charge is 0.156 e. The Morgan fingerprint density at radius 1 is 0.844 bits per heavy atom. The van der Waals surface area contributed by atoms with Crippen LogP contribution in [0.1, 0.15) is 38.8 Å². The quantitative estimate of drug-likeness (QED) is 0.375. The van der Waals surface area contributed by atoms with Crippen molar-refractivity contribution >= 4 is 34.8 Å². The first-order valence-electron chi connectivity index (χ1n) is 10.4. The second-order valence-corrected chi connectivity index (χ2v) is 9.51. The number of aliphatic hydroxyl groups is 2. The van der Waals surface area contributed by atoms with Gasteiger partial charge < -0.3 is 24.4 Å². The lowest BCUT2D eigenvalue weighted by atomic mass is 9.78. The molecule has 0 bridgehead atoms. The Hall–Kier alpha value is -1.21. The van der Waals surface area contributed by atoms with Crippen LogP contribution in [-0.4, -0.2) is 54.2 Å². The van der Waals surface area contributed by atoms with Crippen molar-refractivity contribution in [1.82, 2.24) is 0 Å². The van der Waals surface area contributed by atoms with E-state index in [9.17, 15) is 10.2 Å². The predicted octanol–water partition coefficient (Wildman–Crippen LogP) is 5.46. The van der Waals surface area contributed by atoms with E-state index >= 15 is 0 Å². The second kappa shape index (κ2) is 12.3. The van der Waals surface area contributed by atoms with E-state index in [2.05, 4.69) is 13.8 Å². The summed E-state index contributed by atoms with van der Waals surface area (Å²) in [7, 11) is 0. The summed E-state index contributed by atoms with van der Waals surface area (Å²) in [5.41, 5.74) is 1.55. The van der Waals surface area contributed by atoms with Crippen LogP contribution in [0.15, 0.2) is 36.4 Å². The largest absolute Gasteiger partial charge is 0.491 e. The molecule has 0 saturated heterocycles. The molecular formula is C24H31Cl3O5. The summed E-state index contributed by atoms with van der Waals surface area (Å²) in [6.45, 7) is 8.36. The van der Waals surface area contributed by atoms with E-state index in [0.717, 1.165) is 11.1 Å². The van der Waals surface area contributed by atoms with Crippen molar-refractivity contribution in [3.05, 3.63) is 57.6 Å². The van der Waals surface area contributed by atoms with Crippen molar-refractivity contribution < 1.29 is 24.4 Å². The van der Waals surface area contributed by atoms with Crippen LogP contribution in [0.2, 0.25) is 10.0 Å². The molecule has 0 unspecified atom stereocenters. The average molecular weight is 506 g/mol. The molecule has 0 heterocycles. The number of benzene rings is 2. The van der Waals surface area contributed by atoms with Crippen molar-refractivity contribution in [3.63, 3.8) is 0 Å². The van der Waals surface area contributed by atoms with Gasteiger partial charge in [0.1, 0.15) is 31.2 Å². The summed E-state index contributed by atoms with van der Waals surface area (Å²) in [4.78, 5) is 0. The van der Waals surface area contributed by atoms with Gasteiger partial charge in [-0.3, -0.25) is 0 Å². The maximum Gasteiger partial charge on any atom is 0.156 e. The zero-order valence-corrected chi connectivity index (χ0v) is 21.0. The third-order valence-corrected chi connectivity index (χ3v) is 5.88. The Bertz CT molecular complexity index is 832. The van der Waals surface area contributed by atoms with Gasteiger partial charge in [0.05, 0.1) is 28.6 Å². The molecule has 0 aromatic heterocycles. The molecule has 0 amide bonds. The molecule has 2 rings (SSSR count). The summed E-state index contributed by atoms with van der Waals surface area (Å²) < 4.78 is 16.6. The fraction of sp³-hybridized carbons (Fsp3) is 0.500. The lowest BCUT2D eigenvalue weighted by Gasteiger charge is -2.27. The van der Waals surface area contributed by atoms with E-state index in [-0.39, 0.29) is 31.8 Å². The number of alkyl halides is 1. The molecule has 0 saturated carbocycles. The third kappa shape index (κ3) is 7.68. The monoisotopic (exact) mass is 504 g/mol. The zero-order chi connectivity index (χ0) is 23.9. The Morgan fingerprint density at radius 3 is 1.94 bits per heavy atom. The minimum Gasteiger partial charge on any atom is -0.491 e. The van der Waals surface area contributed by atoms with Gasteiger partial charge in [-0.05, 0) is 49.2 Å². The molecule has 0 aliphatic rings. The third-order valence-electron chi connectivity index (χ3n) is 4.96. The molecule has 5 nitrogen and oxygen atoms in total. The Morgan fingerprint density at radius 2 is 1.41 bits per heavy atom. The molecule has 0 aliphatic heterocycles. The zero-order valence-electron chi connectivity index (χ0n) is 18.8. The van der Waals surface area contributed by atoms with Gasteiger partial charge in [-0.15, -0.1) is 11.6 Å². The van der Waals surface area contributed by atoms with Gasteiger partial charge in [0.25, 0.3) is 0 Å². The first-order valence-corrected chi connectivity index (χ1v) is 11.7. The van der Waals surface area contributed by atoms with E-state index in [1.165, 1.54) is 0 Å². The molecule has 0 spiro atoms. The number of halogens is 3. The number of ether oxygens (including phenoxy) is 3. The standard InChI is InChI=1S/C24H31Cl3O5/c1-15(2)30-13-19(29)14-31-20-7-5-16(6-8-20)24(3,4)17-9-21(26)23(22(27)10-17)32-12-18(28)11-25/h5-10,15,18-19,28-29H,11-14H2,1-4H3/t18-,19-/m0/s1. The van der Waals surface area contributed by atoms with Crippen molar-refractivity contribution in [2.75, 3.05) is 25.7 Å². The minimum atomic E-state index is -0.801. The average Bonchev–Trinajstić information content (AvgIpc) is 2.75. The second-order valence-electron chi connectivity index (χ2n) is 8.38. The van der Waals surface area contributed by atoms with Crippen LogP contribution in [0.4, 0.5) is 0 Å². The van der Waals surface area contributed by atoms with Gasteiger partial charge >= 0.3 is 0 Å². The fourth-order valence-electron chi connectivity index (χ4n) is 2.96. The molecule has 2 atom stereocenters. The highest BCUT2D eigenvalue weighted by Crippen LogP contribution is 2.40. The number of rotatable bonds is 12. The van der Waals surface area contributed by atoms with Gasteiger partial charge in [-0.2, -0.15) is 0 Å². The van der Waals surface area contributed by atoms with Gasteiger partial charge in [0.15, 0.2) is 5.75 Å². The molecule has 0 radical (unpaired) electrons. The van der Waals surface area contributed by atoms with Gasteiger partial charge in [-0.1, -0.05) is 49.2 Å². The van der Waals surface area contributed by atoms with Crippen molar-refractivity contribution in [2.24, 2.45) is 0 Å². The van der Waals surface area contributed by atoms with Gasteiger partial charge in [0.2, 0.25) is 0 Å². The van der Waals surface area contributed by atoms with Gasteiger partial charge in [0, 0.05) is 5.41 Å². The molecule has 2 N–H and O–H groups in total. The molecule has 2 aromatic carbocycles. The van der Waals surface area contributed by atoms with E-state index in [1.54, 1.807) is 0 Å². The maximum absolute atomic E-state index is 9.94. The highest BCUT2D eigenvalue weighted by Gasteiger charge is 2.26. The Balaban J connectivity index is 2.09. The van der Waals surface area contributed by atoms with Crippen molar-refractivity contribution in [3.8, 4) is 11.5 Å². The van der Waals surface area contributed by atoms with Crippen molar-refractivity contribution in [1.29, 1.82) is 0 Å². The van der Waals surface area contributed by atoms with E-state index < -0.39 is 17.6 Å². The van der Waals surface area contributed by atoms with Crippen LogP contribution in [-0.2, 0) is 10.2 Å². The Kier molecular flexibility index (Phi) is 10.4. The van der Waals surface area contributed by atoms with Crippen LogP contribution >= 0.6 is 34.8 Å². The molecule has 32 heavy (non-hydrogen) atoms. The molecule has 0 fully saturated rings. The fourth-order valence-corrected chi connectivity index (χ4v) is 3.65. The minimum absolute atomic E-state index is 0.00539. The summed E-state index contributed by atoms with van der Waals surface area (Å²) >= 11 is 18.4. The molecule has 178 valence electrons. The SMILES string of the molecule is CC(C)OC[C@H](O)COc1ccc(C(C)(C)c2cc(Cl)c(OC[C@@H](O)CCl)c(Cl)c2)cc1. The van der Waals surface area contributed by atoms with E-state index in [4.69, 9.17) is 49.0 Å². The topological polar surface area (TPSA) is 68.2 Å². The molecule has 0 aliphatic carbocycles. The first-order chi connectivity index (χ1) is 15.0. The molecule has 8 heteroatoms.